The molecule has 2 N–H and O–H groups in total. The molecule has 0 saturated carbocycles. The SMILES string of the molecule is COc1ccc(OC)c(NC(=O)C[NH+](C)Cc2cccc(F)c2)c1. The van der Waals surface area contributed by atoms with Crippen molar-refractivity contribution in [3.8, 4) is 11.5 Å². The van der Waals surface area contributed by atoms with Crippen LogP contribution in [0.4, 0.5) is 10.1 Å². The number of nitrogens with one attached hydrogen (secondary N) is 2. The van der Waals surface area contributed by atoms with Gasteiger partial charge in [-0.1, -0.05) is 12.1 Å². The number of carbonyl (C=O) groups excluding carboxylic acids is 1. The summed E-state index contributed by atoms with van der Waals surface area (Å²) in [5.74, 6) is 0.764. The number of rotatable bonds is 7. The van der Waals surface area contributed by atoms with E-state index >= 15 is 0 Å². The topological polar surface area (TPSA) is 52.0 Å². The normalized spacial score (nSPS) is 11.7. The largest absolute Gasteiger partial charge is 0.497 e. The summed E-state index contributed by atoms with van der Waals surface area (Å²) in [7, 11) is 4.98. The van der Waals surface area contributed by atoms with Crippen molar-refractivity contribution in [2.45, 2.75) is 6.54 Å². The Morgan fingerprint density at radius 1 is 1.17 bits per heavy atom. The molecule has 1 unspecified atom stereocenters. The van der Waals surface area contributed by atoms with E-state index in [1.807, 2.05) is 13.1 Å². The van der Waals surface area contributed by atoms with E-state index < -0.39 is 0 Å². The van der Waals surface area contributed by atoms with Crippen LogP contribution in [0.25, 0.3) is 0 Å². The fourth-order valence-corrected chi connectivity index (χ4v) is 2.44. The first-order valence-corrected chi connectivity index (χ1v) is 7.59. The van der Waals surface area contributed by atoms with Gasteiger partial charge in [0.2, 0.25) is 0 Å². The van der Waals surface area contributed by atoms with Crippen LogP contribution in [0.5, 0.6) is 11.5 Å². The fourth-order valence-electron chi connectivity index (χ4n) is 2.44. The first-order valence-electron chi connectivity index (χ1n) is 7.59. The third-order valence-electron chi connectivity index (χ3n) is 3.54. The number of hydrogen-bond donors (Lipinski definition) is 2. The van der Waals surface area contributed by atoms with E-state index in [4.69, 9.17) is 9.47 Å². The molecule has 0 aliphatic carbocycles. The third kappa shape index (κ3) is 4.96. The lowest BCUT2D eigenvalue weighted by molar-refractivity contribution is -0.885. The quantitative estimate of drug-likeness (QED) is 0.807. The molecule has 0 radical (unpaired) electrons. The first-order chi connectivity index (χ1) is 11.5. The Labute approximate surface area is 141 Å². The smallest absolute Gasteiger partial charge is 0.279 e. The van der Waals surface area contributed by atoms with E-state index in [1.54, 1.807) is 38.5 Å². The number of quaternary nitrogens is 1. The van der Waals surface area contributed by atoms with E-state index in [0.717, 1.165) is 10.5 Å². The standard InChI is InChI=1S/C18H21FN2O3/c1-21(11-13-5-4-6-14(19)9-13)12-18(22)20-16-10-15(23-2)7-8-17(16)24-3/h4-10H,11-12H2,1-3H3,(H,20,22)/p+1. The predicted molar refractivity (Wildman–Crippen MR) is 90.0 cm³/mol. The molecule has 0 heterocycles. The van der Waals surface area contributed by atoms with E-state index in [0.29, 0.717) is 23.7 Å². The lowest BCUT2D eigenvalue weighted by Gasteiger charge is -2.15. The number of halogens is 1. The Bertz CT molecular complexity index is 706. The lowest BCUT2D eigenvalue weighted by Crippen LogP contribution is -3.08. The third-order valence-corrected chi connectivity index (χ3v) is 3.54. The second-order valence-corrected chi connectivity index (χ2v) is 5.55. The molecule has 2 rings (SSSR count). The minimum Gasteiger partial charge on any atom is -0.497 e. The Morgan fingerprint density at radius 3 is 2.62 bits per heavy atom. The van der Waals surface area contributed by atoms with Gasteiger partial charge in [0.25, 0.3) is 5.91 Å². The number of carbonyl (C=O) groups is 1. The summed E-state index contributed by atoms with van der Waals surface area (Å²) in [5, 5.41) is 2.83. The molecule has 2 aromatic rings. The molecule has 0 saturated heterocycles. The van der Waals surface area contributed by atoms with E-state index in [1.165, 1.54) is 12.1 Å². The number of likely N-dealkylation sites (N-methyl/N-ethyl adjacent to an activating group) is 1. The van der Waals surface area contributed by atoms with Crippen LogP contribution in [-0.2, 0) is 11.3 Å². The van der Waals surface area contributed by atoms with Crippen molar-refractivity contribution < 1.29 is 23.6 Å². The number of hydrogen-bond acceptors (Lipinski definition) is 3. The van der Waals surface area contributed by atoms with Crippen molar-refractivity contribution >= 4 is 11.6 Å². The molecular weight excluding hydrogens is 311 g/mol. The number of amides is 1. The van der Waals surface area contributed by atoms with E-state index in [-0.39, 0.29) is 18.3 Å². The molecule has 5 nitrogen and oxygen atoms in total. The lowest BCUT2D eigenvalue weighted by atomic mass is 10.2. The van der Waals surface area contributed by atoms with Crippen molar-refractivity contribution in [2.24, 2.45) is 0 Å². The van der Waals surface area contributed by atoms with Crippen LogP contribution in [0.15, 0.2) is 42.5 Å². The summed E-state index contributed by atoms with van der Waals surface area (Å²) in [6.45, 7) is 0.803. The Morgan fingerprint density at radius 2 is 1.96 bits per heavy atom. The van der Waals surface area contributed by atoms with Gasteiger partial charge in [-0.05, 0) is 24.3 Å². The zero-order valence-electron chi connectivity index (χ0n) is 14.1. The summed E-state index contributed by atoms with van der Waals surface area (Å²) in [5.41, 5.74) is 1.40. The predicted octanol–water partition coefficient (Wildman–Crippen LogP) is 1.50. The van der Waals surface area contributed by atoms with E-state index in [9.17, 15) is 9.18 Å². The minimum absolute atomic E-state index is 0.157. The van der Waals surface area contributed by atoms with Crippen molar-refractivity contribution in [3.05, 3.63) is 53.8 Å². The van der Waals surface area contributed by atoms with Crippen molar-refractivity contribution in [1.29, 1.82) is 0 Å². The molecule has 0 bridgehead atoms. The first kappa shape index (κ1) is 17.7. The average molecular weight is 333 g/mol. The second kappa shape index (κ2) is 8.31. The van der Waals surface area contributed by atoms with Gasteiger partial charge < -0.3 is 19.7 Å². The Kier molecular flexibility index (Phi) is 6.14. The summed E-state index contributed by atoms with van der Waals surface area (Å²) in [6.07, 6.45) is 0. The van der Waals surface area contributed by atoms with Gasteiger partial charge in [0, 0.05) is 11.6 Å². The maximum absolute atomic E-state index is 13.2. The highest BCUT2D eigenvalue weighted by atomic mass is 19.1. The summed E-state index contributed by atoms with van der Waals surface area (Å²) >= 11 is 0. The molecule has 24 heavy (non-hydrogen) atoms. The van der Waals surface area contributed by atoms with Gasteiger partial charge in [-0.15, -0.1) is 0 Å². The van der Waals surface area contributed by atoms with Crippen molar-refractivity contribution in [1.82, 2.24) is 0 Å². The Hall–Kier alpha value is -2.60. The molecule has 6 heteroatoms. The van der Waals surface area contributed by atoms with Crippen molar-refractivity contribution in [2.75, 3.05) is 33.1 Å². The Balaban J connectivity index is 1.97. The van der Waals surface area contributed by atoms with Crippen LogP contribution in [0.2, 0.25) is 0 Å². The zero-order chi connectivity index (χ0) is 17.5. The van der Waals surface area contributed by atoms with Gasteiger partial charge in [-0.2, -0.15) is 0 Å². The molecule has 0 aromatic heterocycles. The average Bonchev–Trinajstić information content (AvgIpc) is 2.54. The number of benzene rings is 2. The van der Waals surface area contributed by atoms with Crippen LogP contribution < -0.4 is 19.7 Å². The maximum atomic E-state index is 13.2. The second-order valence-electron chi connectivity index (χ2n) is 5.55. The van der Waals surface area contributed by atoms with Crippen LogP contribution in [-0.4, -0.2) is 33.7 Å². The van der Waals surface area contributed by atoms with Gasteiger partial charge in [0.05, 0.1) is 27.0 Å². The molecule has 0 aliphatic heterocycles. The molecule has 0 aliphatic rings. The maximum Gasteiger partial charge on any atom is 0.279 e. The fraction of sp³-hybridized carbons (Fsp3) is 0.278. The van der Waals surface area contributed by atoms with Gasteiger partial charge >= 0.3 is 0 Å². The highest BCUT2D eigenvalue weighted by molar-refractivity contribution is 5.93. The van der Waals surface area contributed by atoms with Crippen molar-refractivity contribution in [3.63, 3.8) is 0 Å². The summed E-state index contributed by atoms with van der Waals surface area (Å²) < 4.78 is 23.6. The minimum atomic E-state index is -0.272. The molecule has 128 valence electrons. The van der Waals surface area contributed by atoms with Gasteiger partial charge in [0.15, 0.2) is 6.54 Å². The molecule has 2 aromatic carbocycles. The molecule has 0 spiro atoms. The number of ether oxygens (including phenoxy) is 2. The van der Waals surface area contributed by atoms with Crippen LogP contribution in [0.3, 0.4) is 0 Å². The van der Waals surface area contributed by atoms with Crippen LogP contribution in [0.1, 0.15) is 5.56 Å². The highest BCUT2D eigenvalue weighted by Gasteiger charge is 2.14. The molecule has 0 fully saturated rings. The summed E-state index contributed by atoms with van der Waals surface area (Å²) in [4.78, 5) is 13.2. The summed E-state index contributed by atoms with van der Waals surface area (Å²) in [6, 6.07) is 11.6. The van der Waals surface area contributed by atoms with Gasteiger partial charge in [-0.25, -0.2) is 4.39 Å². The number of anilines is 1. The highest BCUT2D eigenvalue weighted by Crippen LogP contribution is 2.28. The van der Waals surface area contributed by atoms with Crippen LogP contribution in [0, 0.1) is 5.82 Å². The molecule has 1 atom stereocenters. The number of methoxy groups -OCH3 is 2. The van der Waals surface area contributed by atoms with E-state index in [2.05, 4.69) is 5.32 Å². The molecule has 1 amide bonds. The zero-order valence-corrected chi connectivity index (χ0v) is 14.1. The van der Waals surface area contributed by atoms with Crippen LogP contribution >= 0.6 is 0 Å². The monoisotopic (exact) mass is 333 g/mol. The van der Waals surface area contributed by atoms with Gasteiger partial charge in [0.1, 0.15) is 23.9 Å². The molecular formula is C18H22FN2O3+. The van der Waals surface area contributed by atoms with Gasteiger partial charge in [-0.3, -0.25) is 4.79 Å².